The third-order valence-electron chi connectivity index (χ3n) is 2.57. The summed E-state index contributed by atoms with van der Waals surface area (Å²) in [6.45, 7) is 5.55. The fraction of sp³-hybridized carbons (Fsp3) is 0.286. The molecule has 2 rings (SSSR count). The number of rotatable bonds is 5. The van der Waals surface area contributed by atoms with Crippen molar-refractivity contribution in [1.82, 2.24) is 9.97 Å². The Kier molecular flexibility index (Phi) is 4.12. The molecule has 0 aliphatic carbocycles. The molecule has 1 aromatic carbocycles. The van der Waals surface area contributed by atoms with Crippen LogP contribution in [0.25, 0.3) is 0 Å². The van der Waals surface area contributed by atoms with Gasteiger partial charge in [-0.15, -0.1) is 0 Å². The van der Waals surface area contributed by atoms with Crippen molar-refractivity contribution in [3.8, 4) is 5.75 Å². The summed E-state index contributed by atoms with van der Waals surface area (Å²) in [4.78, 5) is 10.6. The van der Waals surface area contributed by atoms with Crippen LogP contribution in [0.1, 0.15) is 13.8 Å². The highest BCUT2D eigenvalue weighted by Crippen LogP contribution is 2.23. The molecule has 18 heavy (non-hydrogen) atoms. The van der Waals surface area contributed by atoms with Crippen LogP contribution < -0.4 is 9.64 Å². The van der Waals surface area contributed by atoms with E-state index in [1.165, 1.54) is 0 Å². The highest BCUT2D eigenvalue weighted by atomic mass is 16.5. The lowest BCUT2D eigenvalue weighted by Gasteiger charge is -2.20. The molecule has 0 amide bonds. The molecule has 0 fully saturated rings. The average Bonchev–Trinajstić information content (AvgIpc) is 2.43. The molecule has 4 nitrogen and oxygen atoms in total. The number of ether oxygens (including phenoxy) is 1. The third kappa shape index (κ3) is 2.77. The molecule has 0 bridgehead atoms. The molecule has 0 unspecified atom stereocenters. The Morgan fingerprint density at radius 1 is 1.06 bits per heavy atom. The van der Waals surface area contributed by atoms with E-state index in [4.69, 9.17) is 4.74 Å². The van der Waals surface area contributed by atoms with Gasteiger partial charge in [-0.2, -0.15) is 0 Å². The van der Waals surface area contributed by atoms with E-state index in [2.05, 4.69) is 21.8 Å². The Hall–Kier alpha value is -2.10. The van der Waals surface area contributed by atoms with Crippen molar-refractivity contribution in [2.45, 2.75) is 13.8 Å². The second-order valence-corrected chi connectivity index (χ2v) is 3.72. The van der Waals surface area contributed by atoms with Crippen molar-refractivity contribution in [3.05, 3.63) is 42.7 Å². The number of aromatic nitrogens is 2. The number of anilines is 2. The van der Waals surface area contributed by atoms with Crippen molar-refractivity contribution in [1.29, 1.82) is 0 Å². The van der Waals surface area contributed by atoms with Crippen molar-refractivity contribution in [2.75, 3.05) is 18.1 Å². The molecule has 0 atom stereocenters. The molecule has 1 heterocycles. The van der Waals surface area contributed by atoms with Gasteiger partial charge in [0.15, 0.2) is 0 Å². The van der Waals surface area contributed by atoms with E-state index < -0.39 is 0 Å². The number of hydrogen-bond donors (Lipinski definition) is 0. The van der Waals surface area contributed by atoms with Gasteiger partial charge in [0, 0.05) is 24.6 Å². The summed E-state index contributed by atoms with van der Waals surface area (Å²) in [5.74, 6) is 1.59. The Morgan fingerprint density at radius 2 is 1.72 bits per heavy atom. The fourth-order valence-corrected chi connectivity index (χ4v) is 1.76. The summed E-state index contributed by atoms with van der Waals surface area (Å²) < 4.78 is 5.43. The Balaban J connectivity index is 2.23. The summed E-state index contributed by atoms with van der Waals surface area (Å²) in [5.41, 5.74) is 1.06. The lowest BCUT2D eigenvalue weighted by Crippen LogP contribution is -2.18. The van der Waals surface area contributed by atoms with Gasteiger partial charge in [0.25, 0.3) is 0 Å². The van der Waals surface area contributed by atoms with Gasteiger partial charge in [0.2, 0.25) is 5.95 Å². The molecule has 94 valence electrons. The van der Waals surface area contributed by atoms with Crippen LogP contribution in [-0.2, 0) is 0 Å². The van der Waals surface area contributed by atoms with E-state index in [-0.39, 0.29) is 0 Å². The maximum Gasteiger partial charge on any atom is 0.229 e. The minimum absolute atomic E-state index is 0.679. The molecule has 0 radical (unpaired) electrons. The van der Waals surface area contributed by atoms with Gasteiger partial charge in [-0.3, -0.25) is 0 Å². The third-order valence-corrected chi connectivity index (χ3v) is 2.57. The van der Waals surface area contributed by atoms with Gasteiger partial charge >= 0.3 is 0 Å². The van der Waals surface area contributed by atoms with Crippen LogP contribution in [0.4, 0.5) is 11.6 Å². The van der Waals surface area contributed by atoms with E-state index in [0.29, 0.717) is 12.6 Å². The molecule has 1 aromatic heterocycles. The van der Waals surface area contributed by atoms with Crippen LogP contribution in [0.2, 0.25) is 0 Å². The standard InChI is InChI=1S/C14H17N3O/c1-3-17(14-15-10-5-11-16-14)12-6-8-13(9-7-12)18-4-2/h5-11H,3-4H2,1-2H3. The highest BCUT2D eigenvalue weighted by Gasteiger charge is 2.09. The molecule has 0 aliphatic rings. The number of benzene rings is 1. The van der Waals surface area contributed by atoms with E-state index >= 15 is 0 Å². The van der Waals surface area contributed by atoms with Crippen LogP contribution in [-0.4, -0.2) is 23.1 Å². The molecule has 2 aromatic rings. The van der Waals surface area contributed by atoms with Crippen LogP contribution >= 0.6 is 0 Å². The molecular weight excluding hydrogens is 226 g/mol. The van der Waals surface area contributed by atoms with Gasteiger partial charge in [0.1, 0.15) is 5.75 Å². The Morgan fingerprint density at radius 3 is 2.28 bits per heavy atom. The van der Waals surface area contributed by atoms with Gasteiger partial charge in [-0.25, -0.2) is 9.97 Å². The largest absolute Gasteiger partial charge is 0.494 e. The molecule has 0 saturated carbocycles. The van der Waals surface area contributed by atoms with Gasteiger partial charge < -0.3 is 9.64 Å². The van der Waals surface area contributed by atoms with E-state index in [9.17, 15) is 0 Å². The zero-order valence-corrected chi connectivity index (χ0v) is 10.7. The first-order valence-electron chi connectivity index (χ1n) is 6.12. The van der Waals surface area contributed by atoms with E-state index in [1.54, 1.807) is 12.4 Å². The van der Waals surface area contributed by atoms with Crippen molar-refractivity contribution in [2.24, 2.45) is 0 Å². The summed E-state index contributed by atoms with van der Waals surface area (Å²) in [6.07, 6.45) is 3.50. The first-order chi connectivity index (χ1) is 8.85. The smallest absolute Gasteiger partial charge is 0.229 e. The first kappa shape index (κ1) is 12.4. The maximum absolute atomic E-state index is 5.43. The van der Waals surface area contributed by atoms with Crippen molar-refractivity contribution < 1.29 is 4.74 Å². The predicted octanol–water partition coefficient (Wildman–Crippen LogP) is 3.03. The van der Waals surface area contributed by atoms with Crippen LogP contribution in [0.3, 0.4) is 0 Å². The maximum atomic E-state index is 5.43. The summed E-state index contributed by atoms with van der Waals surface area (Å²) in [6, 6.07) is 9.78. The molecule has 0 aliphatic heterocycles. The first-order valence-corrected chi connectivity index (χ1v) is 6.12. The zero-order valence-electron chi connectivity index (χ0n) is 10.7. The molecular formula is C14H17N3O. The number of hydrogen-bond acceptors (Lipinski definition) is 4. The summed E-state index contributed by atoms with van der Waals surface area (Å²) in [5, 5.41) is 0. The second kappa shape index (κ2) is 6.00. The van der Waals surface area contributed by atoms with Crippen molar-refractivity contribution in [3.63, 3.8) is 0 Å². The van der Waals surface area contributed by atoms with Crippen LogP contribution in [0.15, 0.2) is 42.7 Å². The lowest BCUT2D eigenvalue weighted by molar-refractivity contribution is 0.340. The normalized spacial score (nSPS) is 10.1. The van der Waals surface area contributed by atoms with Gasteiger partial charge in [-0.05, 0) is 44.2 Å². The van der Waals surface area contributed by atoms with Crippen LogP contribution in [0, 0.1) is 0 Å². The second-order valence-electron chi connectivity index (χ2n) is 3.72. The van der Waals surface area contributed by atoms with Crippen molar-refractivity contribution >= 4 is 11.6 Å². The van der Waals surface area contributed by atoms with Gasteiger partial charge in [0.05, 0.1) is 6.61 Å². The fourth-order valence-electron chi connectivity index (χ4n) is 1.76. The summed E-state index contributed by atoms with van der Waals surface area (Å²) >= 11 is 0. The summed E-state index contributed by atoms with van der Waals surface area (Å²) in [7, 11) is 0. The Bertz CT molecular complexity index is 470. The molecule has 0 spiro atoms. The lowest BCUT2D eigenvalue weighted by atomic mass is 10.3. The monoisotopic (exact) mass is 243 g/mol. The molecule has 0 N–H and O–H groups in total. The minimum Gasteiger partial charge on any atom is -0.494 e. The van der Waals surface area contributed by atoms with Crippen LogP contribution in [0.5, 0.6) is 5.75 Å². The van der Waals surface area contributed by atoms with Gasteiger partial charge in [-0.1, -0.05) is 0 Å². The Labute approximate surface area is 107 Å². The minimum atomic E-state index is 0.679. The SMILES string of the molecule is CCOc1ccc(N(CC)c2ncccn2)cc1. The van der Waals surface area contributed by atoms with E-state index in [1.807, 2.05) is 37.3 Å². The average molecular weight is 243 g/mol. The zero-order chi connectivity index (χ0) is 12.8. The molecule has 0 saturated heterocycles. The molecule has 4 heteroatoms. The van der Waals surface area contributed by atoms with E-state index in [0.717, 1.165) is 18.0 Å². The quantitative estimate of drug-likeness (QED) is 0.809. The predicted molar refractivity (Wildman–Crippen MR) is 72.3 cm³/mol. The number of nitrogens with zero attached hydrogens (tertiary/aromatic N) is 3. The highest BCUT2D eigenvalue weighted by molar-refractivity contribution is 5.57. The topological polar surface area (TPSA) is 38.2 Å².